The highest BCUT2D eigenvalue weighted by Gasteiger charge is 1.95. The zero-order valence-electron chi connectivity index (χ0n) is 8.03. The van der Waals surface area contributed by atoms with E-state index >= 15 is 0 Å². The van der Waals surface area contributed by atoms with E-state index in [0.717, 1.165) is 13.1 Å². The second-order valence-electron chi connectivity index (χ2n) is 2.88. The van der Waals surface area contributed by atoms with Crippen molar-refractivity contribution in [1.29, 1.82) is 0 Å². The highest BCUT2D eigenvalue weighted by Crippen LogP contribution is 2.14. The maximum atomic E-state index is 3.11. The molecule has 11 heavy (non-hydrogen) atoms. The fourth-order valence-electron chi connectivity index (χ4n) is 1.15. The van der Waals surface area contributed by atoms with Crippen molar-refractivity contribution in [3.63, 3.8) is 0 Å². The molecule has 0 amide bonds. The lowest BCUT2D eigenvalue weighted by molar-refractivity contribution is 0.593. The van der Waals surface area contributed by atoms with Gasteiger partial charge in [0.1, 0.15) is 0 Å². The molecule has 0 unspecified atom stereocenters. The molecule has 0 spiro atoms. The van der Waals surface area contributed by atoms with Crippen molar-refractivity contribution in [3.8, 4) is 0 Å². The summed E-state index contributed by atoms with van der Waals surface area (Å²) in [4.78, 5) is 0. The van der Waals surface area contributed by atoms with E-state index in [9.17, 15) is 0 Å². The van der Waals surface area contributed by atoms with E-state index in [0.29, 0.717) is 0 Å². The van der Waals surface area contributed by atoms with Gasteiger partial charge in [-0.2, -0.15) is 0 Å². The zero-order chi connectivity index (χ0) is 8.36. The third kappa shape index (κ3) is 9.96. The van der Waals surface area contributed by atoms with Gasteiger partial charge in [0, 0.05) is 0 Å². The number of hydrogen-bond acceptors (Lipinski definition) is 1. The fraction of sp³-hybridized carbons (Fsp3) is 0.900. The van der Waals surface area contributed by atoms with E-state index in [1.807, 2.05) is 0 Å². The van der Waals surface area contributed by atoms with Crippen LogP contribution in [0.25, 0.3) is 0 Å². The Labute approximate surface area is 71.6 Å². The Morgan fingerprint density at radius 1 is 1.00 bits per heavy atom. The van der Waals surface area contributed by atoms with E-state index < -0.39 is 0 Å². The quantitative estimate of drug-likeness (QED) is 0.648. The van der Waals surface area contributed by atoms with Crippen LogP contribution in [0.15, 0.2) is 0 Å². The molecule has 1 aliphatic rings. The predicted molar refractivity (Wildman–Crippen MR) is 51.6 cm³/mol. The molecule has 0 aromatic carbocycles. The Hall–Kier alpha value is -0.0400. The molecule has 0 saturated heterocycles. The minimum absolute atomic E-state index is 1.09. The maximum absolute atomic E-state index is 3.11. The summed E-state index contributed by atoms with van der Waals surface area (Å²) in [6.07, 6.45) is 9.50. The van der Waals surface area contributed by atoms with Crippen LogP contribution in [0.2, 0.25) is 0 Å². The Bertz CT molecular complexity index is 44.4. The lowest BCUT2D eigenvalue weighted by Gasteiger charge is -2.05. The average Bonchev–Trinajstić information content (AvgIpc) is 2.10. The molecule has 0 aromatic rings. The Kier molecular flexibility index (Phi) is 9.92. The zero-order valence-corrected chi connectivity index (χ0v) is 8.03. The van der Waals surface area contributed by atoms with Crippen molar-refractivity contribution in [3.05, 3.63) is 6.42 Å². The molecule has 1 fully saturated rings. The second-order valence-corrected chi connectivity index (χ2v) is 2.88. The van der Waals surface area contributed by atoms with Crippen LogP contribution in [-0.4, -0.2) is 13.1 Å². The van der Waals surface area contributed by atoms with Crippen LogP contribution in [0.1, 0.15) is 46.0 Å². The summed E-state index contributed by atoms with van der Waals surface area (Å²) < 4.78 is 0. The summed E-state index contributed by atoms with van der Waals surface area (Å²) >= 11 is 0. The molecule has 0 aromatic heterocycles. The molecule has 0 bridgehead atoms. The van der Waals surface area contributed by atoms with E-state index in [1.54, 1.807) is 0 Å². The summed E-state index contributed by atoms with van der Waals surface area (Å²) in [5, 5.41) is 3.11. The lowest BCUT2D eigenvalue weighted by Crippen LogP contribution is -2.09. The Balaban J connectivity index is 0.000000187. The molecule has 0 heterocycles. The Morgan fingerprint density at radius 2 is 1.55 bits per heavy atom. The third-order valence-corrected chi connectivity index (χ3v) is 1.82. The van der Waals surface area contributed by atoms with Crippen molar-refractivity contribution >= 4 is 0 Å². The maximum Gasteiger partial charge on any atom is -0.00775 e. The van der Waals surface area contributed by atoms with Gasteiger partial charge < -0.3 is 5.32 Å². The molecule has 1 nitrogen and oxygen atoms in total. The standard InChI is InChI=1S/C6H11.C4H11N/c1-2-4-6-5-3-1;1-3-5-4-2/h1H,2-6H2;5H,3-4H2,1-2H3. The predicted octanol–water partition coefficient (Wildman–Crippen LogP) is 2.77. The third-order valence-electron chi connectivity index (χ3n) is 1.82. The van der Waals surface area contributed by atoms with Gasteiger partial charge in [0.05, 0.1) is 0 Å². The van der Waals surface area contributed by atoms with Crippen LogP contribution >= 0.6 is 0 Å². The highest BCUT2D eigenvalue weighted by atomic mass is 14.8. The minimum Gasteiger partial charge on any atom is -0.317 e. The second kappa shape index (κ2) is 9.96. The number of nitrogens with one attached hydrogen (secondary N) is 1. The van der Waals surface area contributed by atoms with Crippen molar-refractivity contribution in [2.75, 3.05) is 13.1 Å². The molecule has 1 aliphatic carbocycles. The van der Waals surface area contributed by atoms with Crippen LogP contribution in [0.3, 0.4) is 0 Å². The summed E-state index contributed by atoms with van der Waals surface area (Å²) in [7, 11) is 0. The monoisotopic (exact) mass is 156 g/mol. The van der Waals surface area contributed by atoms with Crippen molar-refractivity contribution in [2.45, 2.75) is 46.0 Å². The van der Waals surface area contributed by atoms with E-state index in [-0.39, 0.29) is 0 Å². The molecular formula is C10H22N. The molecule has 0 aliphatic heterocycles. The van der Waals surface area contributed by atoms with Crippen LogP contribution < -0.4 is 5.32 Å². The van der Waals surface area contributed by atoms with Crippen molar-refractivity contribution < 1.29 is 0 Å². The summed E-state index contributed by atoms with van der Waals surface area (Å²) in [5.74, 6) is 0. The smallest absolute Gasteiger partial charge is 0.00775 e. The first-order valence-corrected chi connectivity index (χ1v) is 4.94. The normalized spacial score (nSPS) is 16.9. The van der Waals surface area contributed by atoms with Crippen molar-refractivity contribution in [2.24, 2.45) is 0 Å². The molecule has 1 saturated carbocycles. The van der Waals surface area contributed by atoms with Crippen LogP contribution in [0.5, 0.6) is 0 Å². The summed E-state index contributed by atoms with van der Waals surface area (Å²) in [6, 6.07) is 0. The van der Waals surface area contributed by atoms with Gasteiger partial charge in [-0.25, -0.2) is 0 Å². The average molecular weight is 156 g/mol. The van der Waals surface area contributed by atoms with Gasteiger partial charge in [0.25, 0.3) is 0 Å². The minimum atomic E-state index is 1.09. The molecule has 1 N–H and O–H groups in total. The Morgan fingerprint density at radius 3 is 1.64 bits per heavy atom. The number of hydrogen-bond donors (Lipinski definition) is 1. The molecule has 67 valence electrons. The van der Waals surface area contributed by atoms with Gasteiger partial charge in [0.15, 0.2) is 0 Å². The fourth-order valence-corrected chi connectivity index (χ4v) is 1.15. The molecular weight excluding hydrogens is 134 g/mol. The first-order valence-electron chi connectivity index (χ1n) is 4.94. The SMILES string of the molecule is CCNCC.[CH]1CCCCC1. The van der Waals surface area contributed by atoms with Crippen LogP contribution in [-0.2, 0) is 0 Å². The first kappa shape index (κ1) is 11.0. The van der Waals surface area contributed by atoms with Gasteiger partial charge >= 0.3 is 0 Å². The molecule has 0 atom stereocenters. The van der Waals surface area contributed by atoms with Crippen LogP contribution in [0.4, 0.5) is 0 Å². The van der Waals surface area contributed by atoms with E-state index in [4.69, 9.17) is 0 Å². The van der Waals surface area contributed by atoms with Crippen LogP contribution in [0, 0.1) is 6.42 Å². The van der Waals surface area contributed by atoms with Crippen molar-refractivity contribution in [1.82, 2.24) is 5.32 Å². The van der Waals surface area contributed by atoms with Gasteiger partial charge in [-0.3, -0.25) is 0 Å². The van der Waals surface area contributed by atoms with E-state index in [2.05, 4.69) is 25.6 Å². The number of rotatable bonds is 2. The largest absolute Gasteiger partial charge is 0.317 e. The van der Waals surface area contributed by atoms with Gasteiger partial charge in [-0.05, 0) is 19.5 Å². The van der Waals surface area contributed by atoms with Gasteiger partial charge in [-0.15, -0.1) is 0 Å². The molecule has 1 heteroatoms. The first-order chi connectivity index (χ1) is 5.41. The highest BCUT2D eigenvalue weighted by molar-refractivity contribution is 4.69. The summed E-state index contributed by atoms with van der Waals surface area (Å²) in [6.45, 7) is 6.39. The summed E-state index contributed by atoms with van der Waals surface area (Å²) in [5.41, 5.74) is 0. The van der Waals surface area contributed by atoms with E-state index in [1.165, 1.54) is 32.1 Å². The molecule has 1 rings (SSSR count). The van der Waals surface area contributed by atoms with Gasteiger partial charge in [0.2, 0.25) is 0 Å². The molecule has 1 radical (unpaired) electrons. The lowest BCUT2D eigenvalue weighted by atomic mass is 10.0. The topological polar surface area (TPSA) is 12.0 Å². The van der Waals surface area contributed by atoms with Gasteiger partial charge in [-0.1, -0.05) is 46.0 Å².